The number of carbonyl (C=O) groups is 1. The van der Waals surface area contributed by atoms with Crippen LogP contribution in [0, 0.1) is 5.92 Å². The fraction of sp³-hybridized carbons (Fsp3) is 0.571. The highest BCUT2D eigenvalue weighted by molar-refractivity contribution is 5.76. The summed E-state index contributed by atoms with van der Waals surface area (Å²) in [7, 11) is 0. The summed E-state index contributed by atoms with van der Waals surface area (Å²) in [6.07, 6.45) is 3.93. The Labute approximate surface area is 114 Å². The van der Waals surface area contributed by atoms with Crippen molar-refractivity contribution in [1.82, 2.24) is 9.88 Å². The number of pyridine rings is 1. The van der Waals surface area contributed by atoms with Gasteiger partial charge < -0.3 is 10.3 Å². The summed E-state index contributed by atoms with van der Waals surface area (Å²) in [6, 6.07) is 5.63. The molecule has 104 valence electrons. The lowest BCUT2D eigenvalue weighted by Crippen LogP contribution is -2.30. The predicted octanol–water partition coefficient (Wildman–Crippen LogP) is 1.91. The summed E-state index contributed by atoms with van der Waals surface area (Å²) in [5.74, 6) is 6.90. The Hall–Kier alpha value is -1.62. The zero-order valence-electron chi connectivity index (χ0n) is 11.4. The number of hydrogen-bond donors (Lipinski definition) is 2. The molecule has 1 atom stereocenters. The van der Waals surface area contributed by atoms with E-state index >= 15 is 0 Å². The monoisotopic (exact) mass is 262 g/mol. The van der Waals surface area contributed by atoms with Crippen LogP contribution >= 0.6 is 0 Å². The number of nitrogens with zero attached hydrogens (tertiary/aromatic N) is 2. The van der Waals surface area contributed by atoms with Crippen LogP contribution in [0.5, 0.6) is 0 Å². The number of hydrogen-bond acceptors (Lipinski definition) is 4. The molecular weight excluding hydrogens is 240 g/mol. The topological polar surface area (TPSA) is 71.2 Å². The van der Waals surface area contributed by atoms with Crippen molar-refractivity contribution in [2.24, 2.45) is 11.8 Å². The third-order valence-electron chi connectivity index (χ3n) is 3.81. The molecule has 0 aromatic carbocycles. The van der Waals surface area contributed by atoms with Crippen LogP contribution in [0.1, 0.15) is 38.3 Å². The number of nitrogen functional groups attached to an aromatic ring is 1. The number of nitrogens with two attached hydrogens (primary N) is 1. The van der Waals surface area contributed by atoms with Crippen LogP contribution in [0.15, 0.2) is 18.2 Å². The highest BCUT2D eigenvalue weighted by atomic mass is 16.2. The number of likely N-dealkylation sites (tertiary alicyclic amines) is 1. The molecule has 5 nitrogen and oxygen atoms in total. The fourth-order valence-corrected chi connectivity index (χ4v) is 2.51. The molecule has 1 saturated heterocycles. The van der Waals surface area contributed by atoms with Gasteiger partial charge in [-0.25, -0.2) is 10.8 Å². The Morgan fingerprint density at radius 3 is 3.05 bits per heavy atom. The van der Waals surface area contributed by atoms with Gasteiger partial charge in [0.25, 0.3) is 0 Å². The van der Waals surface area contributed by atoms with Crippen molar-refractivity contribution in [3.8, 4) is 0 Å². The van der Waals surface area contributed by atoms with E-state index in [2.05, 4.69) is 17.3 Å². The van der Waals surface area contributed by atoms with Crippen LogP contribution in [0.3, 0.4) is 0 Å². The Morgan fingerprint density at radius 2 is 2.32 bits per heavy atom. The second-order valence-electron chi connectivity index (χ2n) is 5.08. The van der Waals surface area contributed by atoms with Crippen LogP contribution in [0.4, 0.5) is 5.82 Å². The van der Waals surface area contributed by atoms with Crippen molar-refractivity contribution in [2.75, 3.05) is 12.0 Å². The van der Waals surface area contributed by atoms with Crippen LogP contribution in [0.25, 0.3) is 0 Å². The average Bonchev–Trinajstić information content (AvgIpc) is 2.62. The standard InChI is InChI=1S/C14H22N4O/c1-2-11-6-7-14(19)18(9-8-11)10-12-4-3-5-13(16-12)17-15/h3-5,11H,2,6-10,15H2,1H3,(H,16,17). The van der Waals surface area contributed by atoms with Crippen LogP contribution < -0.4 is 11.3 Å². The number of aromatic nitrogens is 1. The minimum Gasteiger partial charge on any atom is -0.337 e. The SMILES string of the molecule is CCC1CCC(=O)N(Cc2cccc(NN)n2)CC1. The first kappa shape index (κ1) is 13.8. The largest absolute Gasteiger partial charge is 0.337 e. The molecule has 1 aliphatic rings. The molecule has 0 radical (unpaired) electrons. The molecule has 1 aromatic heterocycles. The van der Waals surface area contributed by atoms with Gasteiger partial charge in [0.15, 0.2) is 0 Å². The smallest absolute Gasteiger partial charge is 0.222 e. The Bertz CT molecular complexity index is 435. The molecule has 0 aliphatic carbocycles. The van der Waals surface area contributed by atoms with E-state index in [1.54, 1.807) is 6.07 Å². The van der Waals surface area contributed by atoms with Crippen molar-refractivity contribution in [2.45, 2.75) is 39.2 Å². The van der Waals surface area contributed by atoms with Crippen LogP contribution in [0.2, 0.25) is 0 Å². The minimum atomic E-state index is 0.240. The maximum atomic E-state index is 12.1. The van der Waals surface area contributed by atoms with Crippen molar-refractivity contribution in [3.05, 3.63) is 23.9 Å². The quantitative estimate of drug-likeness (QED) is 0.642. The maximum absolute atomic E-state index is 12.1. The van der Waals surface area contributed by atoms with Crippen molar-refractivity contribution >= 4 is 11.7 Å². The normalized spacial score (nSPS) is 20.2. The molecule has 0 saturated carbocycles. The maximum Gasteiger partial charge on any atom is 0.222 e. The molecule has 3 N–H and O–H groups in total. The first-order valence-electron chi connectivity index (χ1n) is 6.93. The summed E-state index contributed by atoms with van der Waals surface area (Å²) in [6.45, 7) is 3.60. The van der Waals surface area contributed by atoms with Crippen LogP contribution in [-0.4, -0.2) is 22.3 Å². The third-order valence-corrected chi connectivity index (χ3v) is 3.81. The van der Waals surface area contributed by atoms with Crippen molar-refractivity contribution in [1.29, 1.82) is 0 Å². The zero-order valence-corrected chi connectivity index (χ0v) is 11.4. The Kier molecular flexibility index (Phi) is 4.74. The zero-order chi connectivity index (χ0) is 13.7. The summed E-state index contributed by atoms with van der Waals surface area (Å²) in [4.78, 5) is 18.4. The number of nitrogens with one attached hydrogen (secondary N) is 1. The lowest BCUT2D eigenvalue weighted by molar-refractivity contribution is -0.131. The average molecular weight is 262 g/mol. The highest BCUT2D eigenvalue weighted by Gasteiger charge is 2.21. The molecule has 19 heavy (non-hydrogen) atoms. The molecule has 0 bridgehead atoms. The van der Waals surface area contributed by atoms with E-state index in [9.17, 15) is 4.79 Å². The first-order valence-corrected chi connectivity index (χ1v) is 6.93. The summed E-state index contributed by atoms with van der Waals surface area (Å²) in [5, 5.41) is 0. The Balaban J connectivity index is 2.02. The van der Waals surface area contributed by atoms with Gasteiger partial charge in [-0.15, -0.1) is 0 Å². The molecule has 1 aromatic rings. The molecule has 1 unspecified atom stereocenters. The summed E-state index contributed by atoms with van der Waals surface area (Å²) in [5.41, 5.74) is 3.40. The Morgan fingerprint density at radius 1 is 1.47 bits per heavy atom. The summed E-state index contributed by atoms with van der Waals surface area (Å²) < 4.78 is 0. The van der Waals surface area contributed by atoms with Gasteiger partial charge in [0.1, 0.15) is 5.82 Å². The van der Waals surface area contributed by atoms with Gasteiger partial charge in [0.2, 0.25) is 5.91 Å². The van der Waals surface area contributed by atoms with E-state index in [1.807, 2.05) is 17.0 Å². The van der Waals surface area contributed by atoms with E-state index in [4.69, 9.17) is 5.84 Å². The number of rotatable bonds is 4. The predicted molar refractivity (Wildman–Crippen MR) is 75.1 cm³/mol. The van der Waals surface area contributed by atoms with Crippen molar-refractivity contribution in [3.63, 3.8) is 0 Å². The molecule has 1 fully saturated rings. The molecular formula is C14H22N4O. The minimum absolute atomic E-state index is 0.240. The third kappa shape index (κ3) is 3.67. The van der Waals surface area contributed by atoms with Crippen LogP contribution in [-0.2, 0) is 11.3 Å². The molecule has 1 aliphatic heterocycles. The number of anilines is 1. The van der Waals surface area contributed by atoms with E-state index in [-0.39, 0.29) is 5.91 Å². The van der Waals surface area contributed by atoms with Gasteiger partial charge in [-0.2, -0.15) is 0 Å². The van der Waals surface area contributed by atoms with E-state index in [0.717, 1.165) is 31.5 Å². The second-order valence-corrected chi connectivity index (χ2v) is 5.08. The van der Waals surface area contributed by atoms with Gasteiger partial charge in [-0.05, 0) is 30.9 Å². The number of amides is 1. The van der Waals surface area contributed by atoms with Gasteiger partial charge in [0, 0.05) is 13.0 Å². The fourth-order valence-electron chi connectivity index (χ4n) is 2.51. The first-order chi connectivity index (χ1) is 9.22. The second kappa shape index (κ2) is 6.52. The molecule has 2 heterocycles. The molecule has 2 rings (SSSR count). The molecule has 5 heteroatoms. The van der Waals surface area contributed by atoms with E-state index < -0.39 is 0 Å². The summed E-state index contributed by atoms with van der Waals surface area (Å²) >= 11 is 0. The van der Waals surface area contributed by atoms with Gasteiger partial charge in [-0.1, -0.05) is 19.4 Å². The molecule has 0 spiro atoms. The lowest BCUT2D eigenvalue weighted by Gasteiger charge is -2.20. The highest BCUT2D eigenvalue weighted by Crippen LogP contribution is 2.22. The van der Waals surface area contributed by atoms with Gasteiger partial charge >= 0.3 is 0 Å². The lowest BCUT2D eigenvalue weighted by atomic mass is 9.98. The number of hydrazine groups is 1. The number of carbonyl (C=O) groups excluding carboxylic acids is 1. The molecule has 1 amide bonds. The van der Waals surface area contributed by atoms with Gasteiger partial charge in [0.05, 0.1) is 12.2 Å². The van der Waals surface area contributed by atoms with E-state index in [0.29, 0.717) is 24.7 Å². The van der Waals surface area contributed by atoms with E-state index in [1.165, 1.54) is 0 Å². The van der Waals surface area contributed by atoms with Gasteiger partial charge in [-0.3, -0.25) is 4.79 Å². The van der Waals surface area contributed by atoms with Crippen molar-refractivity contribution < 1.29 is 4.79 Å².